The van der Waals surface area contributed by atoms with Gasteiger partial charge in [-0.05, 0) is 49.4 Å². The van der Waals surface area contributed by atoms with E-state index in [-0.39, 0.29) is 23.1 Å². The minimum atomic E-state index is -4.53. The molecule has 1 N–H and O–H groups in total. The van der Waals surface area contributed by atoms with E-state index in [1.807, 2.05) is 6.92 Å². The molecule has 0 spiro atoms. The number of rotatable bonds is 8. The Kier molecular flexibility index (Phi) is 7.83. The third kappa shape index (κ3) is 5.95. The fourth-order valence-electron chi connectivity index (χ4n) is 2.99. The Labute approximate surface area is 196 Å². The second kappa shape index (κ2) is 10.4. The van der Waals surface area contributed by atoms with Crippen LogP contribution in [0.5, 0.6) is 0 Å². The summed E-state index contributed by atoms with van der Waals surface area (Å²) in [6.45, 7) is 2.47. The average Bonchev–Trinajstić information content (AvgIpc) is 3.06. The van der Waals surface area contributed by atoms with Crippen molar-refractivity contribution < 1.29 is 22.7 Å². The van der Waals surface area contributed by atoms with Crippen LogP contribution >= 0.6 is 23.2 Å². The minimum absolute atomic E-state index is 0.0449. The van der Waals surface area contributed by atoms with Crippen molar-refractivity contribution in [3.05, 3.63) is 68.6 Å². The lowest BCUT2D eigenvalue weighted by molar-refractivity contribution is -0.137. The molecule has 0 unspecified atom stereocenters. The molecule has 3 rings (SSSR count). The molecule has 0 aliphatic rings. The van der Waals surface area contributed by atoms with Gasteiger partial charge >= 0.3 is 11.9 Å². The third-order valence-electron chi connectivity index (χ3n) is 4.53. The molecule has 1 aromatic heterocycles. The van der Waals surface area contributed by atoms with Crippen LogP contribution in [0.3, 0.4) is 0 Å². The Balaban J connectivity index is 2.03. The molecule has 1 heterocycles. The van der Waals surface area contributed by atoms with Crippen LogP contribution in [0.1, 0.15) is 12.5 Å². The fourth-order valence-corrected chi connectivity index (χ4v) is 3.48. The zero-order chi connectivity index (χ0) is 24.2. The number of amides is 1. The molecular weight excluding hydrogens is 484 g/mol. The predicted octanol–water partition coefficient (Wildman–Crippen LogP) is 4.18. The lowest BCUT2D eigenvalue weighted by Gasteiger charge is -2.10. The van der Waals surface area contributed by atoms with Gasteiger partial charge in [-0.25, -0.2) is 14.0 Å². The smallest absolute Gasteiger partial charge is 0.380 e. The SMILES string of the molecule is CCOCCNC(=O)Cn1nc(-c2ccc(Cl)cc2Cl)n(-c2ccc(C(F)(F)F)cc2)c1=O. The van der Waals surface area contributed by atoms with Gasteiger partial charge in [0.2, 0.25) is 5.91 Å². The largest absolute Gasteiger partial charge is 0.416 e. The van der Waals surface area contributed by atoms with Crippen LogP contribution in [-0.2, 0) is 22.3 Å². The van der Waals surface area contributed by atoms with Crippen molar-refractivity contribution in [2.45, 2.75) is 19.6 Å². The second-order valence-electron chi connectivity index (χ2n) is 6.81. The maximum Gasteiger partial charge on any atom is 0.416 e. The Bertz CT molecular complexity index is 1190. The van der Waals surface area contributed by atoms with Gasteiger partial charge in [0.25, 0.3) is 0 Å². The van der Waals surface area contributed by atoms with Crippen molar-refractivity contribution in [2.24, 2.45) is 0 Å². The summed E-state index contributed by atoms with van der Waals surface area (Å²) >= 11 is 12.2. The highest BCUT2D eigenvalue weighted by Gasteiger charge is 2.30. The number of hydrogen-bond donors (Lipinski definition) is 1. The van der Waals surface area contributed by atoms with Gasteiger partial charge in [0.15, 0.2) is 5.82 Å². The van der Waals surface area contributed by atoms with Gasteiger partial charge in [-0.3, -0.25) is 4.79 Å². The summed E-state index contributed by atoms with van der Waals surface area (Å²) in [5.41, 5.74) is -1.16. The topological polar surface area (TPSA) is 78.2 Å². The number of ether oxygens (including phenoxy) is 1. The van der Waals surface area contributed by atoms with Gasteiger partial charge < -0.3 is 10.1 Å². The number of halogens is 5. The number of carbonyl (C=O) groups excluding carboxylic acids is 1. The number of nitrogens with zero attached hydrogens (tertiary/aromatic N) is 3. The van der Waals surface area contributed by atoms with Crippen molar-refractivity contribution in [3.63, 3.8) is 0 Å². The van der Waals surface area contributed by atoms with Gasteiger partial charge in [0.05, 0.1) is 22.9 Å². The molecule has 0 atom stereocenters. The first-order valence-electron chi connectivity index (χ1n) is 9.79. The molecule has 0 aliphatic heterocycles. The zero-order valence-electron chi connectivity index (χ0n) is 17.3. The molecule has 7 nitrogen and oxygen atoms in total. The summed E-state index contributed by atoms with van der Waals surface area (Å²) in [4.78, 5) is 25.3. The molecule has 0 radical (unpaired) electrons. The highest BCUT2D eigenvalue weighted by atomic mass is 35.5. The minimum Gasteiger partial charge on any atom is -0.380 e. The van der Waals surface area contributed by atoms with Crippen molar-refractivity contribution in [1.82, 2.24) is 19.7 Å². The average molecular weight is 503 g/mol. The molecule has 33 heavy (non-hydrogen) atoms. The molecule has 12 heteroatoms. The van der Waals surface area contributed by atoms with Crippen molar-refractivity contribution >= 4 is 29.1 Å². The second-order valence-corrected chi connectivity index (χ2v) is 7.66. The van der Waals surface area contributed by atoms with Crippen LogP contribution < -0.4 is 11.0 Å². The lowest BCUT2D eigenvalue weighted by Crippen LogP contribution is -2.35. The van der Waals surface area contributed by atoms with E-state index in [1.165, 1.54) is 18.2 Å². The van der Waals surface area contributed by atoms with E-state index in [4.69, 9.17) is 27.9 Å². The van der Waals surface area contributed by atoms with Crippen molar-refractivity contribution in [1.29, 1.82) is 0 Å². The van der Waals surface area contributed by atoms with Gasteiger partial charge in [0.1, 0.15) is 6.54 Å². The number of carbonyl (C=O) groups is 1. The third-order valence-corrected chi connectivity index (χ3v) is 5.08. The van der Waals surface area contributed by atoms with Crippen LogP contribution in [0.2, 0.25) is 10.0 Å². The summed E-state index contributed by atoms with van der Waals surface area (Å²) in [6.07, 6.45) is -4.53. The molecule has 3 aromatic rings. The Morgan fingerprint density at radius 1 is 1.15 bits per heavy atom. The summed E-state index contributed by atoms with van der Waals surface area (Å²) in [7, 11) is 0. The van der Waals surface area contributed by atoms with Crippen LogP contribution in [0, 0.1) is 0 Å². The number of nitrogens with one attached hydrogen (secondary N) is 1. The van der Waals surface area contributed by atoms with E-state index in [9.17, 15) is 22.8 Å². The van der Waals surface area contributed by atoms with E-state index in [0.717, 1.165) is 33.5 Å². The van der Waals surface area contributed by atoms with E-state index in [1.54, 1.807) is 0 Å². The molecule has 0 aliphatic carbocycles. The molecule has 176 valence electrons. The Morgan fingerprint density at radius 3 is 2.45 bits per heavy atom. The first-order valence-corrected chi connectivity index (χ1v) is 10.5. The van der Waals surface area contributed by atoms with E-state index in [2.05, 4.69) is 10.4 Å². The van der Waals surface area contributed by atoms with Gasteiger partial charge in [-0.15, -0.1) is 5.10 Å². The van der Waals surface area contributed by atoms with Gasteiger partial charge in [0, 0.05) is 23.7 Å². The summed E-state index contributed by atoms with van der Waals surface area (Å²) in [6, 6.07) is 8.50. The number of alkyl halides is 3. The maximum absolute atomic E-state index is 13.1. The monoisotopic (exact) mass is 502 g/mol. The Morgan fingerprint density at radius 2 is 1.85 bits per heavy atom. The molecule has 0 saturated carbocycles. The standard InChI is InChI=1S/C21H19Cl2F3N4O3/c1-2-33-10-9-27-18(31)12-29-20(32)30(15-6-3-13(4-7-15)21(24,25)26)19(28-29)16-8-5-14(22)11-17(16)23/h3-8,11H,2,9-10,12H2,1H3,(H,27,31). The van der Waals surface area contributed by atoms with Gasteiger partial charge in [-0.1, -0.05) is 23.2 Å². The molecule has 0 saturated heterocycles. The predicted molar refractivity (Wildman–Crippen MR) is 118 cm³/mol. The molecule has 0 bridgehead atoms. The first kappa shape index (κ1) is 24.8. The van der Waals surface area contributed by atoms with Crippen molar-refractivity contribution in [3.8, 4) is 17.1 Å². The number of aromatic nitrogens is 3. The maximum atomic E-state index is 13.1. The zero-order valence-corrected chi connectivity index (χ0v) is 18.8. The molecule has 0 fully saturated rings. The summed E-state index contributed by atoms with van der Waals surface area (Å²) in [5, 5.41) is 7.35. The highest BCUT2D eigenvalue weighted by molar-refractivity contribution is 6.36. The normalized spacial score (nSPS) is 11.6. The number of benzene rings is 2. The van der Waals surface area contributed by atoms with E-state index in [0.29, 0.717) is 23.8 Å². The summed E-state index contributed by atoms with van der Waals surface area (Å²) in [5.74, 6) is -0.439. The highest BCUT2D eigenvalue weighted by Crippen LogP contribution is 2.32. The molecular formula is C21H19Cl2F3N4O3. The van der Waals surface area contributed by atoms with Gasteiger partial charge in [-0.2, -0.15) is 13.2 Å². The van der Waals surface area contributed by atoms with Crippen LogP contribution in [0.4, 0.5) is 13.2 Å². The fraction of sp³-hybridized carbons (Fsp3) is 0.286. The number of hydrogen-bond acceptors (Lipinski definition) is 4. The van der Waals surface area contributed by atoms with Crippen LogP contribution in [0.25, 0.3) is 17.1 Å². The Hall–Kier alpha value is -2.82. The summed E-state index contributed by atoms with van der Waals surface area (Å²) < 4.78 is 46.0. The molecule has 2 aromatic carbocycles. The van der Waals surface area contributed by atoms with Crippen LogP contribution in [0.15, 0.2) is 47.3 Å². The van der Waals surface area contributed by atoms with E-state index >= 15 is 0 Å². The van der Waals surface area contributed by atoms with Crippen LogP contribution in [-0.4, -0.2) is 40.0 Å². The van der Waals surface area contributed by atoms with E-state index < -0.39 is 29.9 Å². The lowest BCUT2D eigenvalue weighted by atomic mass is 10.1. The van der Waals surface area contributed by atoms with Crippen molar-refractivity contribution in [2.75, 3.05) is 19.8 Å². The first-order chi connectivity index (χ1) is 15.6. The molecule has 1 amide bonds. The quantitative estimate of drug-likeness (QED) is 0.468.